The number of amides is 3. The fourth-order valence-electron chi connectivity index (χ4n) is 5.33. The third kappa shape index (κ3) is 3.59. The maximum absolute atomic E-state index is 13.2. The maximum Gasteiger partial charge on any atom is 0.407 e. The zero-order valence-corrected chi connectivity index (χ0v) is 18.9. The number of hydrogen-bond acceptors (Lipinski definition) is 4. The minimum Gasteiger partial charge on any atom is -0.465 e. The van der Waals surface area contributed by atoms with Crippen molar-refractivity contribution in [2.45, 2.75) is 64.5 Å². The molecule has 2 fully saturated rings. The Bertz CT molecular complexity index is 1160. The number of nitrogens with one attached hydrogen (secondary N) is 1. The topological polar surface area (TPSA) is 114 Å². The molecule has 0 radical (unpaired) electrons. The van der Waals surface area contributed by atoms with Crippen LogP contribution in [0, 0.1) is 5.41 Å². The van der Waals surface area contributed by atoms with Crippen molar-refractivity contribution < 1.29 is 19.5 Å². The number of benzene rings is 1. The van der Waals surface area contributed by atoms with Crippen molar-refractivity contribution in [1.82, 2.24) is 19.4 Å². The number of rotatable bonds is 2. The van der Waals surface area contributed by atoms with Crippen molar-refractivity contribution in [3.63, 3.8) is 0 Å². The van der Waals surface area contributed by atoms with E-state index in [1.165, 1.54) is 9.47 Å². The lowest BCUT2D eigenvalue weighted by Gasteiger charge is -2.44. The SMILES string of the molecule is Cn1c(=O)n(C2CCC(=O)NC2=O)c2cccc(C3CCN(C(=O)O)C(C(C)(C)C)C3)c21. The minimum absolute atomic E-state index is 0.0849. The van der Waals surface area contributed by atoms with Gasteiger partial charge in [-0.05, 0) is 42.2 Å². The van der Waals surface area contributed by atoms with Gasteiger partial charge in [0.25, 0.3) is 0 Å². The van der Waals surface area contributed by atoms with Crippen LogP contribution < -0.4 is 11.0 Å². The quantitative estimate of drug-likeness (QED) is 0.694. The number of carbonyl (C=O) groups is 3. The van der Waals surface area contributed by atoms with Gasteiger partial charge in [0.2, 0.25) is 11.8 Å². The number of piperidine rings is 2. The van der Waals surface area contributed by atoms with Gasteiger partial charge in [-0.15, -0.1) is 0 Å². The third-order valence-corrected chi connectivity index (χ3v) is 6.94. The minimum atomic E-state index is -0.905. The van der Waals surface area contributed by atoms with Crippen molar-refractivity contribution >= 4 is 28.9 Å². The summed E-state index contributed by atoms with van der Waals surface area (Å²) in [5, 5.41) is 12.0. The van der Waals surface area contributed by atoms with Gasteiger partial charge in [-0.2, -0.15) is 0 Å². The standard InChI is InChI=1S/C23H30N4O5/c1-23(2,3)17-12-13(10-11-26(17)22(31)32)14-6-5-7-15-19(14)25(4)21(30)27(15)16-8-9-18(28)24-20(16)29/h5-7,13,16-17H,8-12H2,1-4H3,(H,31,32)(H,24,28,29). The van der Waals surface area contributed by atoms with Gasteiger partial charge in [0.05, 0.1) is 11.0 Å². The van der Waals surface area contributed by atoms with Crippen LogP contribution in [0.3, 0.4) is 0 Å². The van der Waals surface area contributed by atoms with Crippen LogP contribution in [0.25, 0.3) is 11.0 Å². The summed E-state index contributed by atoms with van der Waals surface area (Å²) in [6.45, 7) is 6.57. The lowest BCUT2D eigenvalue weighted by atomic mass is 9.75. The summed E-state index contributed by atoms with van der Waals surface area (Å²) in [7, 11) is 1.70. The molecule has 3 amide bonds. The van der Waals surface area contributed by atoms with Gasteiger partial charge in [-0.25, -0.2) is 9.59 Å². The highest BCUT2D eigenvalue weighted by molar-refractivity contribution is 6.00. The van der Waals surface area contributed by atoms with E-state index in [2.05, 4.69) is 5.32 Å². The Hall–Kier alpha value is -3.10. The molecule has 0 bridgehead atoms. The lowest BCUT2D eigenvalue weighted by Crippen LogP contribution is -2.51. The van der Waals surface area contributed by atoms with Crippen molar-refractivity contribution in [2.75, 3.05) is 6.54 Å². The molecular weight excluding hydrogens is 412 g/mol. The number of imide groups is 1. The molecule has 4 rings (SSSR count). The average molecular weight is 443 g/mol. The number of aryl methyl sites for hydroxylation is 1. The van der Waals surface area contributed by atoms with Crippen LogP contribution in [0.1, 0.15) is 64.0 Å². The summed E-state index contributed by atoms with van der Waals surface area (Å²) in [6.07, 6.45) is 0.900. The number of nitrogens with zero attached hydrogens (tertiary/aromatic N) is 3. The molecule has 2 aliphatic rings. The van der Waals surface area contributed by atoms with Crippen molar-refractivity contribution in [3.05, 3.63) is 34.2 Å². The number of para-hydroxylation sites is 1. The molecule has 0 spiro atoms. The summed E-state index contributed by atoms with van der Waals surface area (Å²) in [5.74, 6) is -0.691. The lowest BCUT2D eigenvalue weighted by molar-refractivity contribution is -0.135. The van der Waals surface area contributed by atoms with E-state index in [9.17, 15) is 24.3 Å². The molecule has 2 aromatic rings. The van der Waals surface area contributed by atoms with E-state index in [1.807, 2.05) is 39.0 Å². The summed E-state index contributed by atoms with van der Waals surface area (Å²) in [4.78, 5) is 50.6. The van der Waals surface area contributed by atoms with Crippen LogP contribution in [-0.2, 0) is 16.6 Å². The first-order chi connectivity index (χ1) is 15.0. The number of hydrogen-bond donors (Lipinski definition) is 2. The van der Waals surface area contributed by atoms with Crippen LogP contribution in [0.5, 0.6) is 0 Å². The highest BCUT2D eigenvalue weighted by Crippen LogP contribution is 2.41. The molecule has 3 atom stereocenters. The number of fused-ring (bicyclic) bond motifs is 1. The first-order valence-electron chi connectivity index (χ1n) is 11.0. The maximum atomic E-state index is 13.2. The Kier molecular flexibility index (Phi) is 5.38. The van der Waals surface area contributed by atoms with Crippen LogP contribution in [0.2, 0.25) is 0 Å². The molecule has 2 N–H and O–H groups in total. The molecule has 0 saturated carbocycles. The van der Waals surface area contributed by atoms with Crippen LogP contribution in [0.15, 0.2) is 23.0 Å². The van der Waals surface area contributed by atoms with Gasteiger partial charge >= 0.3 is 11.8 Å². The molecule has 0 aliphatic carbocycles. The largest absolute Gasteiger partial charge is 0.465 e. The second-order valence-electron chi connectivity index (χ2n) is 9.97. The van der Waals surface area contributed by atoms with Gasteiger partial charge in [-0.3, -0.25) is 24.0 Å². The number of aromatic nitrogens is 2. The van der Waals surface area contributed by atoms with Gasteiger partial charge in [-0.1, -0.05) is 32.9 Å². The normalized spacial score (nSPS) is 24.6. The highest BCUT2D eigenvalue weighted by Gasteiger charge is 2.40. The van der Waals surface area contributed by atoms with Gasteiger partial charge in [0.15, 0.2) is 0 Å². The third-order valence-electron chi connectivity index (χ3n) is 6.94. The first kappa shape index (κ1) is 22.1. The summed E-state index contributed by atoms with van der Waals surface area (Å²) in [5.41, 5.74) is 1.90. The highest BCUT2D eigenvalue weighted by atomic mass is 16.4. The summed E-state index contributed by atoms with van der Waals surface area (Å²) >= 11 is 0. The number of carbonyl (C=O) groups excluding carboxylic acids is 2. The molecule has 32 heavy (non-hydrogen) atoms. The van der Waals surface area contributed by atoms with E-state index in [0.29, 0.717) is 24.9 Å². The second-order valence-corrected chi connectivity index (χ2v) is 9.97. The summed E-state index contributed by atoms with van der Waals surface area (Å²) < 4.78 is 3.07. The zero-order chi connectivity index (χ0) is 23.4. The molecule has 9 heteroatoms. The van der Waals surface area contributed by atoms with Crippen LogP contribution in [-0.4, -0.2) is 49.6 Å². The molecule has 3 heterocycles. The van der Waals surface area contributed by atoms with Crippen molar-refractivity contribution in [2.24, 2.45) is 12.5 Å². The Labute approximate surface area is 186 Å². The molecular formula is C23H30N4O5. The number of likely N-dealkylation sites (tertiary alicyclic amines) is 1. The molecule has 1 aromatic carbocycles. The monoisotopic (exact) mass is 442 g/mol. The van der Waals surface area contributed by atoms with E-state index >= 15 is 0 Å². The Morgan fingerprint density at radius 1 is 1.16 bits per heavy atom. The fraction of sp³-hybridized carbons (Fsp3) is 0.565. The smallest absolute Gasteiger partial charge is 0.407 e. The summed E-state index contributed by atoms with van der Waals surface area (Å²) in [6, 6.07) is 4.84. The fourth-order valence-corrected chi connectivity index (χ4v) is 5.33. The molecule has 172 valence electrons. The second kappa shape index (κ2) is 7.79. The van der Waals surface area contributed by atoms with Gasteiger partial charge < -0.3 is 10.0 Å². The van der Waals surface area contributed by atoms with E-state index in [1.54, 1.807) is 11.6 Å². The molecule has 1 aromatic heterocycles. The Morgan fingerprint density at radius 2 is 1.88 bits per heavy atom. The molecule has 2 aliphatic heterocycles. The number of imidazole rings is 1. The Morgan fingerprint density at radius 3 is 2.50 bits per heavy atom. The molecule has 3 unspecified atom stereocenters. The number of carboxylic acid groups (broad SMARTS) is 1. The van der Waals surface area contributed by atoms with Gasteiger partial charge in [0, 0.05) is 26.1 Å². The predicted octanol–water partition coefficient (Wildman–Crippen LogP) is 2.59. The van der Waals surface area contributed by atoms with E-state index in [4.69, 9.17) is 0 Å². The van der Waals surface area contributed by atoms with Crippen LogP contribution >= 0.6 is 0 Å². The van der Waals surface area contributed by atoms with Crippen LogP contribution in [0.4, 0.5) is 4.79 Å². The van der Waals surface area contributed by atoms with E-state index < -0.39 is 18.0 Å². The molecule has 2 saturated heterocycles. The first-order valence-corrected chi connectivity index (χ1v) is 11.0. The van der Waals surface area contributed by atoms with Crippen molar-refractivity contribution in [3.8, 4) is 0 Å². The predicted molar refractivity (Wildman–Crippen MR) is 119 cm³/mol. The van der Waals surface area contributed by atoms with E-state index in [0.717, 1.165) is 11.1 Å². The zero-order valence-electron chi connectivity index (χ0n) is 18.9. The van der Waals surface area contributed by atoms with E-state index in [-0.39, 0.29) is 41.8 Å². The van der Waals surface area contributed by atoms with Gasteiger partial charge in [0.1, 0.15) is 6.04 Å². The van der Waals surface area contributed by atoms with Crippen molar-refractivity contribution in [1.29, 1.82) is 0 Å². The molecule has 9 nitrogen and oxygen atoms in total. The Balaban J connectivity index is 1.79. The average Bonchev–Trinajstić information content (AvgIpc) is 2.98.